The van der Waals surface area contributed by atoms with Crippen LogP contribution < -0.4 is 0 Å². The summed E-state index contributed by atoms with van der Waals surface area (Å²) >= 11 is 0. The molecule has 1 heterocycles. The van der Waals surface area contributed by atoms with E-state index in [0.717, 1.165) is 11.1 Å². The largest absolute Gasteiger partial charge is 0.458 e. The van der Waals surface area contributed by atoms with Gasteiger partial charge in [0.25, 0.3) is 0 Å². The van der Waals surface area contributed by atoms with Gasteiger partial charge < -0.3 is 9.15 Å². The number of para-hydroxylation sites is 2. The summed E-state index contributed by atoms with van der Waals surface area (Å²) in [5.74, 6) is 0.445. The molecule has 0 atom stereocenters. The fraction of sp³-hybridized carbons (Fsp3) is 0.200. The second-order valence-corrected chi connectivity index (χ2v) is 5.86. The first-order valence-corrected chi connectivity index (χ1v) is 7.91. The Labute approximate surface area is 140 Å². The van der Waals surface area contributed by atoms with Crippen LogP contribution in [-0.2, 0) is 16.1 Å². The fourth-order valence-corrected chi connectivity index (χ4v) is 2.30. The zero-order valence-corrected chi connectivity index (χ0v) is 13.7. The molecule has 0 amide bonds. The van der Waals surface area contributed by atoms with Crippen molar-refractivity contribution in [2.75, 3.05) is 0 Å². The number of esters is 1. The third-order valence-corrected chi connectivity index (χ3v) is 3.70. The van der Waals surface area contributed by atoms with E-state index in [4.69, 9.17) is 9.15 Å². The summed E-state index contributed by atoms with van der Waals surface area (Å²) in [6, 6.07) is 15.5. The van der Waals surface area contributed by atoms with Crippen LogP contribution in [-0.4, -0.2) is 11.0 Å². The molecule has 0 radical (unpaired) electrons. The van der Waals surface area contributed by atoms with Gasteiger partial charge in [0, 0.05) is 12.2 Å². The molecule has 4 nitrogen and oxygen atoms in total. The lowest BCUT2D eigenvalue weighted by atomic mass is 10.0. The van der Waals surface area contributed by atoms with E-state index >= 15 is 0 Å². The summed E-state index contributed by atoms with van der Waals surface area (Å²) in [7, 11) is 0. The molecule has 0 fully saturated rings. The maximum atomic E-state index is 11.8. The van der Waals surface area contributed by atoms with Gasteiger partial charge in [0.1, 0.15) is 12.1 Å². The number of hydrogen-bond acceptors (Lipinski definition) is 4. The van der Waals surface area contributed by atoms with Gasteiger partial charge in [0.05, 0.1) is 0 Å². The Kier molecular flexibility index (Phi) is 4.75. The number of oxazole rings is 1. The average molecular weight is 321 g/mol. The normalized spacial score (nSPS) is 11.5. The van der Waals surface area contributed by atoms with E-state index in [2.05, 4.69) is 31.0 Å². The summed E-state index contributed by atoms with van der Waals surface area (Å²) in [5, 5.41) is 0. The number of hydrogen-bond donors (Lipinski definition) is 0. The van der Waals surface area contributed by atoms with Crippen molar-refractivity contribution in [3.8, 4) is 0 Å². The van der Waals surface area contributed by atoms with Crippen LogP contribution in [0.1, 0.15) is 36.8 Å². The highest BCUT2D eigenvalue weighted by molar-refractivity contribution is 5.86. The Morgan fingerprint density at radius 2 is 1.92 bits per heavy atom. The molecule has 0 unspecified atom stereocenters. The molecule has 3 rings (SSSR count). The molecular weight excluding hydrogens is 302 g/mol. The van der Waals surface area contributed by atoms with Crippen LogP contribution in [0.4, 0.5) is 0 Å². The molecule has 0 spiro atoms. The first-order valence-electron chi connectivity index (χ1n) is 7.91. The lowest BCUT2D eigenvalue weighted by Gasteiger charge is -2.06. The summed E-state index contributed by atoms with van der Waals surface area (Å²) in [6.07, 6.45) is 2.84. The van der Waals surface area contributed by atoms with Crippen LogP contribution in [0.5, 0.6) is 0 Å². The van der Waals surface area contributed by atoms with Crippen molar-refractivity contribution in [2.45, 2.75) is 26.4 Å². The number of nitrogens with zero attached hydrogens (tertiary/aromatic N) is 1. The van der Waals surface area contributed by atoms with E-state index in [1.165, 1.54) is 17.7 Å². The number of fused-ring (bicyclic) bond motifs is 1. The Balaban J connectivity index is 1.56. The highest BCUT2D eigenvalue weighted by atomic mass is 16.5. The van der Waals surface area contributed by atoms with Crippen molar-refractivity contribution < 1.29 is 13.9 Å². The number of aromatic nitrogens is 1. The summed E-state index contributed by atoms with van der Waals surface area (Å²) < 4.78 is 10.7. The van der Waals surface area contributed by atoms with Crippen molar-refractivity contribution in [3.05, 3.63) is 71.6 Å². The van der Waals surface area contributed by atoms with E-state index in [1.54, 1.807) is 0 Å². The maximum absolute atomic E-state index is 11.8. The molecule has 2 aromatic carbocycles. The Bertz CT molecular complexity index is 827. The van der Waals surface area contributed by atoms with Gasteiger partial charge >= 0.3 is 5.97 Å². The van der Waals surface area contributed by atoms with Crippen molar-refractivity contribution in [3.63, 3.8) is 0 Å². The number of ether oxygens (including phenoxy) is 1. The van der Waals surface area contributed by atoms with Gasteiger partial charge in [-0.25, -0.2) is 9.78 Å². The molecule has 0 aliphatic heterocycles. The molecule has 3 aromatic rings. The third-order valence-electron chi connectivity index (χ3n) is 3.70. The minimum absolute atomic E-state index is 0.245. The molecule has 0 bridgehead atoms. The second kappa shape index (κ2) is 7.13. The molecule has 24 heavy (non-hydrogen) atoms. The van der Waals surface area contributed by atoms with Crippen molar-refractivity contribution in [1.29, 1.82) is 0 Å². The minimum atomic E-state index is -0.426. The number of carbonyl (C=O) groups is 1. The zero-order chi connectivity index (χ0) is 16.9. The molecule has 0 N–H and O–H groups in total. The first-order chi connectivity index (χ1) is 11.6. The van der Waals surface area contributed by atoms with Gasteiger partial charge in [0.2, 0.25) is 5.89 Å². The van der Waals surface area contributed by atoms with Gasteiger partial charge in [-0.15, -0.1) is 0 Å². The average Bonchev–Trinajstić information content (AvgIpc) is 3.01. The second-order valence-electron chi connectivity index (χ2n) is 5.86. The Morgan fingerprint density at radius 3 is 2.62 bits per heavy atom. The lowest BCUT2D eigenvalue weighted by molar-refractivity contribution is -0.138. The molecule has 0 aliphatic rings. The van der Waals surface area contributed by atoms with Crippen LogP contribution in [0, 0.1) is 0 Å². The maximum Gasteiger partial charge on any atom is 0.331 e. The van der Waals surface area contributed by atoms with Crippen LogP contribution in [0.3, 0.4) is 0 Å². The highest BCUT2D eigenvalue weighted by Crippen LogP contribution is 2.16. The lowest BCUT2D eigenvalue weighted by Crippen LogP contribution is -2.01. The van der Waals surface area contributed by atoms with E-state index in [1.807, 2.05) is 36.4 Å². The van der Waals surface area contributed by atoms with Crippen molar-refractivity contribution in [2.24, 2.45) is 0 Å². The zero-order valence-electron chi connectivity index (χ0n) is 13.7. The van der Waals surface area contributed by atoms with E-state index in [-0.39, 0.29) is 6.61 Å². The monoisotopic (exact) mass is 321 g/mol. The van der Waals surface area contributed by atoms with Crippen LogP contribution in [0.2, 0.25) is 0 Å². The van der Waals surface area contributed by atoms with Crippen LogP contribution >= 0.6 is 0 Å². The predicted octanol–water partition coefficient (Wildman–Crippen LogP) is 4.71. The molecule has 0 saturated heterocycles. The summed E-state index contributed by atoms with van der Waals surface area (Å²) in [6.45, 7) is 4.53. The third kappa shape index (κ3) is 3.90. The number of benzene rings is 2. The Morgan fingerprint density at radius 1 is 1.17 bits per heavy atom. The fourth-order valence-electron chi connectivity index (χ4n) is 2.30. The molecule has 4 heteroatoms. The van der Waals surface area contributed by atoms with Crippen molar-refractivity contribution >= 4 is 23.1 Å². The Hall–Kier alpha value is -2.88. The highest BCUT2D eigenvalue weighted by Gasteiger charge is 2.04. The van der Waals surface area contributed by atoms with Gasteiger partial charge in [-0.3, -0.25) is 0 Å². The quantitative estimate of drug-likeness (QED) is 0.504. The number of rotatable bonds is 5. The van der Waals surface area contributed by atoms with E-state index in [9.17, 15) is 4.79 Å². The van der Waals surface area contributed by atoms with Crippen LogP contribution in [0.15, 0.2) is 59.0 Å². The molecule has 122 valence electrons. The molecule has 0 aliphatic carbocycles. The molecule has 0 saturated carbocycles. The smallest absolute Gasteiger partial charge is 0.331 e. The summed E-state index contributed by atoms with van der Waals surface area (Å²) in [4.78, 5) is 16.1. The van der Waals surface area contributed by atoms with E-state index in [0.29, 0.717) is 17.4 Å². The van der Waals surface area contributed by atoms with Gasteiger partial charge in [-0.1, -0.05) is 50.2 Å². The number of carbonyl (C=O) groups excluding carboxylic acids is 1. The standard InChI is InChI=1S/C20H19NO3/c1-14(2)16-9-7-15(8-10-16)13-23-20(22)12-11-19-21-17-5-3-4-6-18(17)24-19/h3-12,14H,13H2,1-2H3/b12-11+. The minimum Gasteiger partial charge on any atom is -0.458 e. The van der Waals surface area contributed by atoms with Gasteiger partial charge in [-0.05, 0) is 29.2 Å². The van der Waals surface area contributed by atoms with Gasteiger partial charge in [0.15, 0.2) is 5.58 Å². The predicted molar refractivity (Wildman–Crippen MR) is 93.4 cm³/mol. The SMILES string of the molecule is CC(C)c1ccc(COC(=O)/C=C/c2nc3ccccc3o2)cc1. The summed E-state index contributed by atoms with van der Waals surface area (Å²) in [5.41, 5.74) is 3.68. The molecular formula is C20H19NO3. The molecule has 1 aromatic heterocycles. The van der Waals surface area contributed by atoms with Crippen molar-refractivity contribution in [1.82, 2.24) is 4.98 Å². The topological polar surface area (TPSA) is 52.3 Å². The first kappa shape index (κ1) is 16.0. The van der Waals surface area contributed by atoms with Crippen LogP contribution in [0.25, 0.3) is 17.2 Å². The van der Waals surface area contributed by atoms with E-state index < -0.39 is 5.97 Å². The van der Waals surface area contributed by atoms with Gasteiger partial charge in [-0.2, -0.15) is 0 Å².